The molecule has 3 nitrogen and oxygen atoms in total. The highest BCUT2D eigenvalue weighted by molar-refractivity contribution is 7.85. The van der Waals surface area contributed by atoms with Gasteiger partial charge < -0.3 is 0 Å². The Morgan fingerprint density at radius 1 is 1.17 bits per heavy atom. The van der Waals surface area contributed by atoms with Gasteiger partial charge in [-0.15, -0.1) is 0 Å². The van der Waals surface area contributed by atoms with Gasteiger partial charge in [0.05, 0.1) is 6.61 Å². The van der Waals surface area contributed by atoms with Gasteiger partial charge in [0.15, 0.2) is 0 Å². The molecule has 0 heterocycles. The fourth-order valence-electron chi connectivity index (χ4n) is 2.94. The second-order valence-electron chi connectivity index (χ2n) is 6.43. The second kappa shape index (κ2) is 9.24. The third kappa shape index (κ3) is 6.88. The van der Waals surface area contributed by atoms with Crippen molar-refractivity contribution >= 4 is 10.1 Å². The minimum absolute atomic E-state index is 0.0430. The molecule has 0 N–H and O–H groups in total. The Bertz CT molecular complexity index is 590. The van der Waals surface area contributed by atoms with Gasteiger partial charge in [-0.2, -0.15) is 8.42 Å². The summed E-state index contributed by atoms with van der Waals surface area (Å²) in [6.45, 7) is 2.53. The number of allylic oxidation sites excluding steroid dienone is 2. The van der Waals surface area contributed by atoms with Crippen LogP contribution in [0.5, 0.6) is 0 Å². The van der Waals surface area contributed by atoms with E-state index in [9.17, 15) is 8.42 Å². The summed E-state index contributed by atoms with van der Waals surface area (Å²) in [7, 11) is -3.49. The SMILES string of the molecule is CCCCCC1=CCC(COS(=O)(=O)Cc2ccccc2)CC1. The maximum absolute atomic E-state index is 12.0. The normalized spacial score (nSPS) is 18.7. The molecule has 0 spiro atoms. The van der Waals surface area contributed by atoms with E-state index in [0.717, 1.165) is 24.8 Å². The maximum Gasteiger partial charge on any atom is 0.271 e. The van der Waals surface area contributed by atoms with Crippen LogP contribution >= 0.6 is 0 Å². The topological polar surface area (TPSA) is 43.4 Å². The summed E-state index contributed by atoms with van der Waals surface area (Å²) in [6, 6.07) is 9.19. The van der Waals surface area contributed by atoms with Crippen LogP contribution < -0.4 is 0 Å². The molecule has 1 aromatic carbocycles. The lowest BCUT2D eigenvalue weighted by atomic mass is 9.88. The van der Waals surface area contributed by atoms with Crippen molar-refractivity contribution in [1.82, 2.24) is 0 Å². The molecule has 128 valence electrons. The molecule has 0 fully saturated rings. The monoisotopic (exact) mass is 336 g/mol. The Balaban J connectivity index is 1.74. The lowest BCUT2D eigenvalue weighted by Crippen LogP contribution is -2.17. The lowest BCUT2D eigenvalue weighted by Gasteiger charge is -2.21. The number of benzene rings is 1. The van der Waals surface area contributed by atoms with Crippen LogP contribution in [-0.2, 0) is 20.1 Å². The molecule has 1 aliphatic carbocycles. The molecule has 1 aliphatic rings. The Hall–Kier alpha value is -1.13. The zero-order chi connectivity index (χ0) is 16.5. The highest BCUT2D eigenvalue weighted by Gasteiger charge is 2.19. The first kappa shape index (κ1) is 18.2. The van der Waals surface area contributed by atoms with E-state index in [4.69, 9.17) is 4.18 Å². The highest BCUT2D eigenvalue weighted by Crippen LogP contribution is 2.27. The van der Waals surface area contributed by atoms with Crippen molar-refractivity contribution in [3.05, 3.63) is 47.5 Å². The molecular formula is C19H28O3S. The quantitative estimate of drug-likeness (QED) is 0.368. The zero-order valence-corrected chi connectivity index (χ0v) is 14.9. The van der Waals surface area contributed by atoms with Gasteiger partial charge in [0, 0.05) is 0 Å². The molecule has 0 aromatic heterocycles. The third-order valence-corrected chi connectivity index (χ3v) is 5.57. The molecule has 23 heavy (non-hydrogen) atoms. The number of unbranched alkanes of at least 4 members (excludes halogenated alkanes) is 2. The molecular weight excluding hydrogens is 308 g/mol. The molecule has 1 unspecified atom stereocenters. The van der Waals surface area contributed by atoms with Gasteiger partial charge in [0.2, 0.25) is 0 Å². The predicted molar refractivity (Wildman–Crippen MR) is 94.6 cm³/mol. The molecule has 2 rings (SSSR count). The van der Waals surface area contributed by atoms with E-state index in [1.807, 2.05) is 30.3 Å². The van der Waals surface area contributed by atoms with E-state index in [2.05, 4.69) is 13.0 Å². The summed E-state index contributed by atoms with van der Waals surface area (Å²) >= 11 is 0. The van der Waals surface area contributed by atoms with Gasteiger partial charge in [0.1, 0.15) is 5.75 Å². The molecule has 1 atom stereocenters. The van der Waals surface area contributed by atoms with Gasteiger partial charge in [-0.25, -0.2) is 0 Å². The third-order valence-electron chi connectivity index (χ3n) is 4.38. The average molecular weight is 336 g/mol. The Morgan fingerprint density at radius 3 is 2.61 bits per heavy atom. The number of hydrogen-bond acceptors (Lipinski definition) is 3. The maximum atomic E-state index is 12.0. The minimum atomic E-state index is -3.49. The fraction of sp³-hybridized carbons (Fsp3) is 0.579. The molecule has 0 saturated heterocycles. The van der Waals surface area contributed by atoms with Gasteiger partial charge >= 0.3 is 0 Å². The van der Waals surface area contributed by atoms with Crippen molar-refractivity contribution in [3.63, 3.8) is 0 Å². The summed E-state index contributed by atoms with van der Waals surface area (Å²) < 4.78 is 29.3. The summed E-state index contributed by atoms with van der Waals surface area (Å²) in [5.74, 6) is 0.286. The van der Waals surface area contributed by atoms with Crippen LogP contribution in [0.2, 0.25) is 0 Å². The van der Waals surface area contributed by atoms with Gasteiger partial charge in [-0.05, 0) is 43.6 Å². The number of rotatable bonds is 9. The van der Waals surface area contributed by atoms with Gasteiger partial charge in [-0.3, -0.25) is 4.18 Å². The first-order valence-electron chi connectivity index (χ1n) is 8.68. The second-order valence-corrected chi connectivity index (χ2v) is 8.07. The average Bonchev–Trinajstić information content (AvgIpc) is 2.55. The van der Waals surface area contributed by atoms with Crippen molar-refractivity contribution < 1.29 is 12.6 Å². The molecule has 0 radical (unpaired) electrons. The molecule has 0 bridgehead atoms. The van der Waals surface area contributed by atoms with Crippen LogP contribution in [0.3, 0.4) is 0 Å². The molecule has 0 amide bonds. The van der Waals surface area contributed by atoms with E-state index in [1.54, 1.807) is 5.57 Å². The zero-order valence-electron chi connectivity index (χ0n) is 14.0. The summed E-state index contributed by atoms with van der Waals surface area (Å²) in [6.07, 6.45) is 10.4. The van der Waals surface area contributed by atoms with Gasteiger partial charge in [-0.1, -0.05) is 61.7 Å². The fourth-order valence-corrected chi connectivity index (χ4v) is 4.03. The van der Waals surface area contributed by atoms with Crippen molar-refractivity contribution in [2.45, 2.75) is 57.6 Å². The first-order valence-corrected chi connectivity index (χ1v) is 10.3. The van der Waals surface area contributed by atoms with Crippen LogP contribution in [0.4, 0.5) is 0 Å². The molecule has 1 aromatic rings. The van der Waals surface area contributed by atoms with E-state index in [-0.39, 0.29) is 5.75 Å². The van der Waals surface area contributed by atoms with Crippen molar-refractivity contribution in [1.29, 1.82) is 0 Å². The molecule has 0 aliphatic heterocycles. The standard InChI is InChI=1S/C19H28O3S/c1-2-3-5-8-17-11-13-18(14-12-17)15-22-23(20,21)16-19-9-6-4-7-10-19/h4,6-7,9-11,18H,2-3,5,8,12-16H2,1H3. The Morgan fingerprint density at radius 2 is 1.96 bits per heavy atom. The lowest BCUT2D eigenvalue weighted by molar-refractivity contribution is 0.241. The van der Waals surface area contributed by atoms with E-state index < -0.39 is 10.1 Å². The van der Waals surface area contributed by atoms with Gasteiger partial charge in [0.25, 0.3) is 10.1 Å². The molecule has 0 saturated carbocycles. The minimum Gasteiger partial charge on any atom is -0.270 e. The van der Waals surface area contributed by atoms with Crippen LogP contribution in [0.15, 0.2) is 42.0 Å². The predicted octanol–water partition coefficient (Wildman–Crippen LogP) is 4.84. The van der Waals surface area contributed by atoms with Crippen LogP contribution in [0.1, 0.15) is 57.4 Å². The Kier molecular flexibility index (Phi) is 7.31. The van der Waals surface area contributed by atoms with Crippen LogP contribution in [-0.4, -0.2) is 15.0 Å². The van der Waals surface area contributed by atoms with Crippen LogP contribution in [0, 0.1) is 5.92 Å². The first-order chi connectivity index (χ1) is 11.1. The summed E-state index contributed by atoms with van der Waals surface area (Å²) in [5.41, 5.74) is 2.32. The van der Waals surface area contributed by atoms with Crippen molar-refractivity contribution in [2.24, 2.45) is 5.92 Å². The van der Waals surface area contributed by atoms with E-state index in [0.29, 0.717) is 12.5 Å². The number of hydrogen-bond donors (Lipinski definition) is 0. The highest BCUT2D eigenvalue weighted by atomic mass is 32.2. The van der Waals surface area contributed by atoms with Crippen molar-refractivity contribution in [2.75, 3.05) is 6.61 Å². The molecule has 4 heteroatoms. The summed E-state index contributed by atoms with van der Waals surface area (Å²) in [4.78, 5) is 0. The van der Waals surface area contributed by atoms with Crippen molar-refractivity contribution in [3.8, 4) is 0 Å². The van der Waals surface area contributed by atoms with E-state index >= 15 is 0 Å². The Labute approximate surface area is 140 Å². The smallest absolute Gasteiger partial charge is 0.270 e. The van der Waals surface area contributed by atoms with E-state index in [1.165, 1.54) is 25.7 Å². The summed E-state index contributed by atoms with van der Waals surface area (Å²) in [5, 5.41) is 0. The van der Waals surface area contributed by atoms with Crippen LogP contribution in [0.25, 0.3) is 0 Å². The largest absolute Gasteiger partial charge is 0.271 e.